The standard InChI is InChI=1S/C15H14BNO6/c1-10(11-4-2-5-12(8-11)17(21)22)23-15-7-3-6-14(16(19)20)13(15)9-18/h2-10,19-20H,1H3. The molecule has 0 aliphatic carbocycles. The SMILES string of the molecule is CC(Oc1cccc(B(O)O)c1C=O)c1cccc([N+](=O)[O-])c1. The van der Waals surface area contributed by atoms with Crippen molar-refractivity contribution in [3.63, 3.8) is 0 Å². The Morgan fingerprint density at radius 3 is 2.57 bits per heavy atom. The minimum Gasteiger partial charge on any atom is -0.485 e. The molecule has 0 aliphatic rings. The van der Waals surface area contributed by atoms with E-state index >= 15 is 0 Å². The van der Waals surface area contributed by atoms with Gasteiger partial charge in [-0.15, -0.1) is 0 Å². The summed E-state index contributed by atoms with van der Waals surface area (Å²) < 4.78 is 5.67. The monoisotopic (exact) mass is 315 g/mol. The second-order valence-electron chi connectivity index (χ2n) is 4.86. The summed E-state index contributed by atoms with van der Waals surface area (Å²) >= 11 is 0. The van der Waals surface area contributed by atoms with Gasteiger partial charge in [-0.05, 0) is 24.0 Å². The Hall–Kier alpha value is -2.71. The van der Waals surface area contributed by atoms with E-state index in [1.807, 2.05) is 0 Å². The van der Waals surface area contributed by atoms with E-state index in [0.717, 1.165) is 0 Å². The number of nitrogens with zero attached hydrogens (tertiary/aromatic N) is 1. The second-order valence-corrected chi connectivity index (χ2v) is 4.86. The van der Waals surface area contributed by atoms with Crippen molar-refractivity contribution >= 4 is 24.6 Å². The quantitative estimate of drug-likeness (QED) is 0.359. The lowest BCUT2D eigenvalue weighted by Crippen LogP contribution is -2.33. The van der Waals surface area contributed by atoms with Gasteiger partial charge in [0.05, 0.1) is 10.5 Å². The molecule has 2 aromatic rings. The summed E-state index contributed by atoms with van der Waals surface area (Å²) in [5.41, 5.74) is 0.558. The summed E-state index contributed by atoms with van der Waals surface area (Å²) in [4.78, 5) is 21.5. The minimum absolute atomic E-state index is 0.0276. The summed E-state index contributed by atoms with van der Waals surface area (Å²) in [6, 6.07) is 10.4. The van der Waals surface area contributed by atoms with Gasteiger partial charge < -0.3 is 14.8 Å². The molecule has 1 unspecified atom stereocenters. The number of nitro benzene ring substituents is 1. The maximum atomic E-state index is 11.2. The predicted octanol–water partition coefficient (Wildman–Crippen LogP) is 1.23. The van der Waals surface area contributed by atoms with Crippen LogP contribution in [0, 0.1) is 10.1 Å². The van der Waals surface area contributed by atoms with E-state index in [-0.39, 0.29) is 22.5 Å². The zero-order valence-electron chi connectivity index (χ0n) is 12.2. The first-order chi connectivity index (χ1) is 10.9. The molecule has 2 rings (SSSR count). The first kappa shape index (κ1) is 16.7. The first-order valence-corrected chi connectivity index (χ1v) is 6.79. The molecule has 23 heavy (non-hydrogen) atoms. The van der Waals surface area contributed by atoms with Gasteiger partial charge in [0.1, 0.15) is 11.9 Å². The molecule has 0 bridgehead atoms. The van der Waals surface area contributed by atoms with Gasteiger partial charge >= 0.3 is 7.12 Å². The molecule has 2 aromatic carbocycles. The van der Waals surface area contributed by atoms with Gasteiger partial charge in [0.25, 0.3) is 5.69 Å². The van der Waals surface area contributed by atoms with Gasteiger partial charge in [0.15, 0.2) is 6.29 Å². The molecular formula is C15H14BNO6. The van der Waals surface area contributed by atoms with Crippen LogP contribution in [0.1, 0.15) is 28.9 Å². The zero-order valence-corrected chi connectivity index (χ0v) is 12.2. The van der Waals surface area contributed by atoms with E-state index in [9.17, 15) is 25.0 Å². The van der Waals surface area contributed by atoms with Crippen molar-refractivity contribution in [2.75, 3.05) is 0 Å². The number of aldehydes is 1. The maximum absolute atomic E-state index is 11.2. The van der Waals surface area contributed by atoms with Crippen molar-refractivity contribution < 1.29 is 24.5 Å². The molecule has 7 nitrogen and oxygen atoms in total. The topological polar surface area (TPSA) is 110 Å². The Bertz CT molecular complexity index is 734. The van der Waals surface area contributed by atoms with Crippen LogP contribution in [0.15, 0.2) is 42.5 Å². The van der Waals surface area contributed by atoms with Crippen LogP contribution < -0.4 is 10.2 Å². The fraction of sp³-hybridized carbons (Fsp3) is 0.133. The van der Waals surface area contributed by atoms with Gasteiger partial charge in [-0.2, -0.15) is 0 Å². The van der Waals surface area contributed by atoms with Crippen molar-refractivity contribution in [3.05, 3.63) is 63.7 Å². The van der Waals surface area contributed by atoms with Crippen LogP contribution >= 0.6 is 0 Å². The Labute approximate surface area is 132 Å². The molecule has 1 atom stereocenters. The molecule has 118 valence electrons. The minimum atomic E-state index is -1.80. The van der Waals surface area contributed by atoms with Crippen molar-refractivity contribution in [2.45, 2.75) is 13.0 Å². The molecule has 0 aromatic heterocycles. The average molecular weight is 315 g/mol. The second kappa shape index (κ2) is 7.04. The number of benzene rings is 2. The molecule has 0 saturated heterocycles. The number of hydrogen-bond donors (Lipinski definition) is 2. The normalized spacial score (nSPS) is 11.6. The Kier molecular flexibility index (Phi) is 5.10. The van der Waals surface area contributed by atoms with Crippen LogP contribution in [0.25, 0.3) is 0 Å². The highest BCUT2D eigenvalue weighted by atomic mass is 16.6. The molecule has 2 N–H and O–H groups in total. The third-order valence-corrected chi connectivity index (χ3v) is 3.35. The number of carbonyl (C=O) groups is 1. The fourth-order valence-corrected chi connectivity index (χ4v) is 2.16. The number of ether oxygens (including phenoxy) is 1. The molecular weight excluding hydrogens is 301 g/mol. The van der Waals surface area contributed by atoms with E-state index in [1.165, 1.54) is 30.3 Å². The van der Waals surface area contributed by atoms with Gasteiger partial charge in [0.2, 0.25) is 0 Å². The number of rotatable bonds is 6. The number of hydrogen-bond acceptors (Lipinski definition) is 6. The molecule has 0 radical (unpaired) electrons. The average Bonchev–Trinajstić information content (AvgIpc) is 2.54. The molecule has 0 amide bonds. The molecule has 0 saturated carbocycles. The highest BCUT2D eigenvalue weighted by molar-refractivity contribution is 6.60. The van der Waals surface area contributed by atoms with E-state index in [1.54, 1.807) is 19.1 Å². The lowest BCUT2D eigenvalue weighted by atomic mass is 9.77. The highest BCUT2D eigenvalue weighted by Gasteiger charge is 2.20. The smallest absolute Gasteiger partial charge is 0.485 e. The van der Waals surface area contributed by atoms with Gasteiger partial charge in [-0.3, -0.25) is 14.9 Å². The van der Waals surface area contributed by atoms with Crippen LogP contribution in [0.5, 0.6) is 5.75 Å². The summed E-state index contributed by atoms with van der Waals surface area (Å²) in [5, 5.41) is 29.4. The Morgan fingerprint density at radius 1 is 1.26 bits per heavy atom. The van der Waals surface area contributed by atoms with Crippen LogP contribution in [-0.4, -0.2) is 28.4 Å². The molecule has 0 aliphatic heterocycles. The van der Waals surface area contributed by atoms with Crippen LogP contribution in [-0.2, 0) is 0 Å². The summed E-state index contributed by atoms with van der Waals surface area (Å²) in [5.74, 6) is 0.171. The third-order valence-electron chi connectivity index (χ3n) is 3.35. The maximum Gasteiger partial charge on any atom is 0.489 e. The van der Waals surface area contributed by atoms with Gasteiger partial charge in [-0.1, -0.05) is 24.3 Å². The van der Waals surface area contributed by atoms with Crippen molar-refractivity contribution in [2.24, 2.45) is 0 Å². The molecule has 0 heterocycles. The van der Waals surface area contributed by atoms with Gasteiger partial charge in [-0.25, -0.2) is 0 Å². The van der Waals surface area contributed by atoms with Crippen molar-refractivity contribution in [1.29, 1.82) is 0 Å². The lowest BCUT2D eigenvalue weighted by Gasteiger charge is -2.17. The molecule has 0 fully saturated rings. The van der Waals surface area contributed by atoms with Crippen molar-refractivity contribution in [3.8, 4) is 5.75 Å². The largest absolute Gasteiger partial charge is 0.489 e. The predicted molar refractivity (Wildman–Crippen MR) is 83.8 cm³/mol. The Morgan fingerprint density at radius 2 is 1.96 bits per heavy atom. The van der Waals surface area contributed by atoms with Crippen LogP contribution in [0.4, 0.5) is 5.69 Å². The number of non-ortho nitro benzene ring substituents is 1. The van der Waals surface area contributed by atoms with E-state index in [2.05, 4.69) is 0 Å². The summed E-state index contributed by atoms with van der Waals surface area (Å²) in [6.45, 7) is 1.68. The third kappa shape index (κ3) is 3.74. The molecule has 8 heteroatoms. The van der Waals surface area contributed by atoms with Crippen LogP contribution in [0.3, 0.4) is 0 Å². The number of nitro groups is 1. The van der Waals surface area contributed by atoms with Gasteiger partial charge in [0, 0.05) is 12.1 Å². The molecule has 0 spiro atoms. The van der Waals surface area contributed by atoms with E-state index < -0.39 is 18.1 Å². The zero-order chi connectivity index (χ0) is 17.0. The lowest BCUT2D eigenvalue weighted by molar-refractivity contribution is -0.385. The van der Waals surface area contributed by atoms with Crippen molar-refractivity contribution in [1.82, 2.24) is 0 Å². The fourth-order valence-electron chi connectivity index (χ4n) is 2.16. The summed E-state index contributed by atoms with van der Waals surface area (Å²) in [7, 11) is -1.80. The van der Waals surface area contributed by atoms with Crippen LogP contribution in [0.2, 0.25) is 0 Å². The first-order valence-electron chi connectivity index (χ1n) is 6.79. The number of carbonyl (C=O) groups excluding carboxylic acids is 1. The highest BCUT2D eigenvalue weighted by Crippen LogP contribution is 2.25. The Balaban J connectivity index is 2.32. The van der Waals surface area contributed by atoms with E-state index in [4.69, 9.17) is 4.74 Å². The van der Waals surface area contributed by atoms with E-state index in [0.29, 0.717) is 11.8 Å². The summed E-state index contributed by atoms with van der Waals surface area (Å²) in [6.07, 6.45) is -0.0933.